The average molecular weight is 318 g/mol. The number of aliphatic imine (C=N–C) groups is 1. The molecule has 3 atom stereocenters. The largest absolute Gasteiger partial charge is 0.446 e. The first-order valence-electron chi connectivity index (χ1n) is 6.64. The highest BCUT2D eigenvalue weighted by atomic mass is 19.4. The summed E-state index contributed by atoms with van der Waals surface area (Å²) in [6.07, 6.45) is -4.72. The Bertz CT molecular complexity index is 634. The van der Waals surface area contributed by atoms with Crippen LogP contribution in [0.1, 0.15) is 12.5 Å². The molecule has 3 rings (SSSR count). The van der Waals surface area contributed by atoms with Gasteiger partial charge in [0.05, 0.1) is 19.1 Å². The monoisotopic (exact) mass is 318 g/mol. The molecule has 0 aromatic heterocycles. The molecule has 0 spiro atoms. The summed E-state index contributed by atoms with van der Waals surface area (Å²) in [6.45, 7) is 0.475. The summed E-state index contributed by atoms with van der Waals surface area (Å²) in [4.78, 5) is 4.00. The van der Waals surface area contributed by atoms with Gasteiger partial charge in [-0.15, -0.1) is 0 Å². The van der Waals surface area contributed by atoms with E-state index >= 15 is 0 Å². The van der Waals surface area contributed by atoms with Crippen molar-refractivity contribution in [3.05, 3.63) is 35.6 Å². The Balaban J connectivity index is 2.20. The quantitative estimate of drug-likeness (QED) is 0.809. The lowest BCUT2D eigenvalue weighted by atomic mass is 9.71. The van der Waals surface area contributed by atoms with E-state index in [4.69, 9.17) is 15.2 Å². The Kier molecular flexibility index (Phi) is 3.14. The van der Waals surface area contributed by atoms with Crippen molar-refractivity contribution in [2.75, 3.05) is 13.2 Å². The second kappa shape index (κ2) is 4.58. The number of fused-ring (bicyclic) bond motifs is 1. The molecule has 2 heterocycles. The lowest BCUT2D eigenvalue weighted by Gasteiger charge is -2.46. The predicted octanol–water partition coefficient (Wildman–Crippen LogP) is 2.33. The van der Waals surface area contributed by atoms with Crippen molar-refractivity contribution in [3.63, 3.8) is 0 Å². The highest BCUT2D eigenvalue weighted by Gasteiger charge is 2.71. The molecule has 0 radical (unpaired) electrons. The number of hydrogen-bond donors (Lipinski definition) is 1. The Hall–Kier alpha value is -1.83. The first-order valence-corrected chi connectivity index (χ1v) is 6.64. The fourth-order valence-corrected chi connectivity index (χ4v) is 3.25. The van der Waals surface area contributed by atoms with E-state index in [0.29, 0.717) is 0 Å². The van der Waals surface area contributed by atoms with E-state index in [1.54, 1.807) is 0 Å². The van der Waals surface area contributed by atoms with Crippen molar-refractivity contribution in [1.82, 2.24) is 0 Å². The average Bonchev–Trinajstić information content (AvgIpc) is 2.84. The number of nitrogens with zero attached hydrogens (tertiary/aromatic N) is 1. The molecule has 1 saturated heterocycles. The number of ether oxygens (including phenoxy) is 2. The number of benzene rings is 1. The van der Waals surface area contributed by atoms with Gasteiger partial charge in [0.15, 0.2) is 0 Å². The van der Waals surface area contributed by atoms with Crippen LogP contribution in [0.15, 0.2) is 29.3 Å². The van der Waals surface area contributed by atoms with Gasteiger partial charge >= 0.3 is 6.18 Å². The van der Waals surface area contributed by atoms with Gasteiger partial charge in [-0.2, -0.15) is 13.2 Å². The zero-order valence-corrected chi connectivity index (χ0v) is 11.7. The third-order valence-corrected chi connectivity index (χ3v) is 4.37. The molecule has 0 bridgehead atoms. The zero-order valence-electron chi connectivity index (χ0n) is 11.7. The number of nitrogens with two attached hydrogens (primary N) is 1. The maximum absolute atomic E-state index is 14.2. The molecule has 0 unspecified atom stereocenters. The van der Waals surface area contributed by atoms with Gasteiger partial charge in [-0.1, -0.05) is 18.2 Å². The highest BCUT2D eigenvalue weighted by Crippen LogP contribution is 2.54. The number of amidine groups is 1. The van der Waals surface area contributed by atoms with Crippen molar-refractivity contribution >= 4 is 6.02 Å². The normalized spacial score (nSPS) is 34.8. The second-order valence-electron chi connectivity index (χ2n) is 5.63. The molecule has 1 aromatic rings. The van der Waals surface area contributed by atoms with Gasteiger partial charge in [0.25, 0.3) is 6.02 Å². The Morgan fingerprint density at radius 3 is 2.64 bits per heavy atom. The molecule has 2 aliphatic rings. The fourth-order valence-electron chi connectivity index (χ4n) is 3.25. The number of alkyl halides is 3. The Morgan fingerprint density at radius 2 is 2.00 bits per heavy atom. The van der Waals surface area contributed by atoms with E-state index in [1.165, 1.54) is 31.2 Å². The molecular weight excluding hydrogens is 304 g/mol. The van der Waals surface area contributed by atoms with Crippen LogP contribution in [-0.2, 0) is 15.0 Å². The Morgan fingerprint density at radius 1 is 1.32 bits per heavy atom. The van der Waals surface area contributed by atoms with Crippen LogP contribution in [0.2, 0.25) is 0 Å². The van der Waals surface area contributed by atoms with Gasteiger partial charge in [0, 0.05) is 5.56 Å². The molecule has 22 heavy (non-hydrogen) atoms. The van der Waals surface area contributed by atoms with Gasteiger partial charge in [-0.3, -0.25) is 0 Å². The lowest BCUT2D eigenvalue weighted by Crippen LogP contribution is -2.63. The summed E-state index contributed by atoms with van der Waals surface area (Å²) in [7, 11) is 0. The first kappa shape index (κ1) is 15.1. The van der Waals surface area contributed by atoms with Crippen LogP contribution in [0, 0.1) is 11.7 Å². The van der Waals surface area contributed by atoms with E-state index in [2.05, 4.69) is 4.99 Å². The van der Waals surface area contributed by atoms with E-state index < -0.39 is 41.7 Å². The van der Waals surface area contributed by atoms with Crippen LogP contribution in [0.25, 0.3) is 0 Å². The highest BCUT2D eigenvalue weighted by molar-refractivity contribution is 5.74. The smallest absolute Gasteiger partial charge is 0.431 e. The van der Waals surface area contributed by atoms with Crippen molar-refractivity contribution in [3.8, 4) is 0 Å². The Labute approximate surface area is 123 Å². The molecule has 2 N–H and O–H groups in total. The van der Waals surface area contributed by atoms with Gasteiger partial charge in [-0.25, -0.2) is 9.38 Å². The van der Waals surface area contributed by atoms with E-state index in [0.717, 1.165) is 0 Å². The summed E-state index contributed by atoms with van der Waals surface area (Å²) >= 11 is 0. The maximum atomic E-state index is 14.2. The van der Waals surface area contributed by atoms with Crippen molar-refractivity contribution < 1.29 is 27.0 Å². The first-order chi connectivity index (χ1) is 10.2. The van der Waals surface area contributed by atoms with Gasteiger partial charge in [0.2, 0.25) is 5.60 Å². The molecule has 0 amide bonds. The standard InChI is InChI=1S/C14H14F4N2O2/c1-12(8-4-2-3-5-9(8)15)10-6-21-7-13(10,14(16,17)18)22-11(19)20-12/h2-5,10H,6-7H2,1H3,(H2,19,20)/t10-,12-,13-/m1/s1. The molecule has 120 valence electrons. The molecule has 1 fully saturated rings. The number of halogens is 4. The summed E-state index contributed by atoms with van der Waals surface area (Å²) in [5.41, 5.74) is 1.37. The molecular formula is C14H14F4N2O2. The predicted molar refractivity (Wildman–Crippen MR) is 69.6 cm³/mol. The molecule has 0 aliphatic carbocycles. The third-order valence-electron chi connectivity index (χ3n) is 4.37. The molecule has 0 saturated carbocycles. The SMILES string of the molecule is C[C@]1(c2ccccc2F)N=C(N)O[C@]2(C(F)(F)F)COC[C@H]12. The van der Waals surface area contributed by atoms with E-state index in [9.17, 15) is 17.6 Å². The number of hydrogen-bond acceptors (Lipinski definition) is 4. The van der Waals surface area contributed by atoms with E-state index in [-0.39, 0.29) is 12.2 Å². The van der Waals surface area contributed by atoms with Gasteiger partial charge in [0.1, 0.15) is 11.4 Å². The van der Waals surface area contributed by atoms with Crippen molar-refractivity contribution in [2.45, 2.75) is 24.2 Å². The summed E-state index contributed by atoms with van der Waals surface area (Å²) in [5.74, 6) is -1.88. The molecule has 4 nitrogen and oxygen atoms in total. The topological polar surface area (TPSA) is 56.8 Å². The summed E-state index contributed by atoms with van der Waals surface area (Å²) in [5, 5.41) is 0. The zero-order chi connectivity index (χ0) is 16.2. The molecule has 2 aliphatic heterocycles. The van der Waals surface area contributed by atoms with Crippen LogP contribution in [-0.4, -0.2) is 31.0 Å². The maximum Gasteiger partial charge on any atom is 0.431 e. The lowest BCUT2D eigenvalue weighted by molar-refractivity contribution is -0.274. The van der Waals surface area contributed by atoms with Crippen molar-refractivity contribution in [1.29, 1.82) is 0 Å². The number of rotatable bonds is 1. The van der Waals surface area contributed by atoms with Crippen LogP contribution < -0.4 is 5.73 Å². The minimum atomic E-state index is -4.72. The summed E-state index contributed by atoms with van der Waals surface area (Å²) in [6, 6.07) is 4.95. The minimum Gasteiger partial charge on any atom is -0.446 e. The second-order valence-corrected chi connectivity index (χ2v) is 5.63. The summed E-state index contributed by atoms with van der Waals surface area (Å²) < 4.78 is 64.9. The van der Waals surface area contributed by atoms with Crippen LogP contribution in [0.4, 0.5) is 17.6 Å². The van der Waals surface area contributed by atoms with Crippen LogP contribution >= 0.6 is 0 Å². The third kappa shape index (κ3) is 1.89. The molecule has 1 aromatic carbocycles. The van der Waals surface area contributed by atoms with Gasteiger partial charge < -0.3 is 15.2 Å². The van der Waals surface area contributed by atoms with Crippen LogP contribution in [0.5, 0.6) is 0 Å². The molecule has 8 heteroatoms. The van der Waals surface area contributed by atoms with Crippen molar-refractivity contribution in [2.24, 2.45) is 16.6 Å². The van der Waals surface area contributed by atoms with Crippen LogP contribution in [0.3, 0.4) is 0 Å². The fraction of sp³-hybridized carbons (Fsp3) is 0.500. The van der Waals surface area contributed by atoms with Gasteiger partial charge in [-0.05, 0) is 13.0 Å². The van der Waals surface area contributed by atoms with E-state index in [1.807, 2.05) is 0 Å². The minimum absolute atomic E-state index is 0.0328.